The molecule has 0 aliphatic heterocycles. The van der Waals surface area contributed by atoms with Crippen LogP contribution in [0.1, 0.15) is 58.2 Å². The number of ether oxygens (including phenoxy) is 1. The van der Waals surface area contributed by atoms with Gasteiger partial charge in [-0.2, -0.15) is 0 Å². The monoisotopic (exact) mass is 558 g/mol. The first-order chi connectivity index (χ1) is 19.3. The Kier molecular flexibility index (Phi) is 9.89. The zero-order chi connectivity index (χ0) is 30.3. The minimum Gasteiger partial charge on any atom is -0.444 e. The molecule has 3 aromatic rings. The molecule has 0 fully saturated rings. The maximum Gasteiger partial charge on any atom is 0.408 e. The lowest BCUT2D eigenvalue weighted by atomic mass is 9.98. The third-order valence-electron chi connectivity index (χ3n) is 6.21. The van der Waals surface area contributed by atoms with Crippen LogP contribution in [0.5, 0.6) is 0 Å². The fraction of sp³-hybridized carbons (Fsp3) is 0.312. The lowest BCUT2D eigenvalue weighted by molar-refractivity contribution is -0.143. The molecule has 0 heterocycles. The summed E-state index contributed by atoms with van der Waals surface area (Å²) in [4.78, 5) is 54.0. The van der Waals surface area contributed by atoms with Gasteiger partial charge in [-0.05, 0) is 74.7 Å². The van der Waals surface area contributed by atoms with E-state index in [-0.39, 0.29) is 0 Å². The van der Waals surface area contributed by atoms with Crippen molar-refractivity contribution in [2.24, 2.45) is 5.73 Å². The van der Waals surface area contributed by atoms with E-state index in [0.717, 1.165) is 16.3 Å². The Morgan fingerprint density at radius 1 is 0.976 bits per heavy atom. The molecule has 9 heteroatoms. The molecule has 3 aromatic carbocycles. The highest BCUT2D eigenvalue weighted by Crippen LogP contribution is 2.29. The first-order valence-corrected chi connectivity index (χ1v) is 13.4. The molecule has 0 aromatic heterocycles. The molecule has 4 amide bonds. The molecule has 216 valence electrons. The number of nitrogens with zero attached hydrogens (tertiary/aromatic N) is 1. The van der Waals surface area contributed by atoms with Crippen molar-refractivity contribution in [3.63, 3.8) is 0 Å². The summed E-state index contributed by atoms with van der Waals surface area (Å²) in [5, 5.41) is 7.38. The highest BCUT2D eigenvalue weighted by Gasteiger charge is 2.38. The predicted molar refractivity (Wildman–Crippen MR) is 161 cm³/mol. The van der Waals surface area contributed by atoms with Gasteiger partial charge in [0.15, 0.2) is 0 Å². The fourth-order valence-corrected chi connectivity index (χ4v) is 4.48. The summed E-state index contributed by atoms with van der Waals surface area (Å²) in [6.07, 6.45) is 0.280. The highest BCUT2D eigenvalue weighted by atomic mass is 16.6. The van der Waals surface area contributed by atoms with Gasteiger partial charge in [0.05, 0.1) is 6.42 Å². The number of benzene rings is 3. The van der Waals surface area contributed by atoms with Gasteiger partial charge in [0.25, 0.3) is 5.91 Å². The van der Waals surface area contributed by atoms with Gasteiger partial charge in [0.2, 0.25) is 11.8 Å². The molecular formula is C32H38N4O5. The van der Waals surface area contributed by atoms with Crippen molar-refractivity contribution in [2.75, 3.05) is 5.32 Å². The Balaban J connectivity index is 2.05. The van der Waals surface area contributed by atoms with Crippen LogP contribution >= 0.6 is 0 Å². The lowest BCUT2D eigenvalue weighted by Gasteiger charge is -2.37. The van der Waals surface area contributed by atoms with Crippen LogP contribution in [0, 0.1) is 0 Å². The lowest BCUT2D eigenvalue weighted by Crippen LogP contribution is -2.55. The van der Waals surface area contributed by atoms with E-state index in [2.05, 4.69) is 17.2 Å². The third-order valence-corrected chi connectivity index (χ3v) is 6.21. The van der Waals surface area contributed by atoms with Gasteiger partial charge in [0.1, 0.15) is 17.7 Å². The van der Waals surface area contributed by atoms with E-state index in [1.807, 2.05) is 42.5 Å². The number of carbonyl (C=O) groups is 4. The molecule has 2 unspecified atom stereocenters. The number of hydrogen-bond acceptors (Lipinski definition) is 5. The van der Waals surface area contributed by atoms with E-state index in [0.29, 0.717) is 11.3 Å². The maximum atomic E-state index is 14.1. The molecule has 0 bridgehead atoms. The summed E-state index contributed by atoms with van der Waals surface area (Å²) in [7, 11) is 0. The van der Waals surface area contributed by atoms with E-state index in [9.17, 15) is 19.2 Å². The molecule has 0 saturated heterocycles. The Morgan fingerprint density at radius 2 is 1.66 bits per heavy atom. The number of rotatable bonds is 10. The van der Waals surface area contributed by atoms with E-state index in [1.165, 1.54) is 4.90 Å². The largest absolute Gasteiger partial charge is 0.444 e. The maximum absolute atomic E-state index is 14.1. The second kappa shape index (κ2) is 13.1. The van der Waals surface area contributed by atoms with Crippen LogP contribution in [-0.2, 0) is 19.1 Å². The van der Waals surface area contributed by atoms with Crippen LogP contribution < -0.4 is 16.4 Å². The van der Waals surface area contributed by atoms with Gasteiger partial charge in [-0.1, -0.05) is 61.2 Å². The summed E-state index contributed by atoms with van der Waals surface area (Å²) in [5.41, 5.74) is 6.44. The van der Waals surface area contributed by atoms with Gasteiger partial charge in [-0.15, -0.1) is 0 Å². The average Bonchev–Trinajstić information content (AvgIpc) is 2.89. The first kappa shape index (κ1) is 30.9. The predicted octanol–water partition coefficient (Wildman–Crippen LogP) is 5.17. The van der Waals surface area contributed by atoms with Gasteiger partial charge in [-0.25, -0.2) is 4.79 Å². The van der Waals surface area contributed by atoms with E-state index >= 15 is 0 Å². The summed E-state index contributed by atoms with van der Waals surface area (Å²) in [6.45, 7) is 12.4. The molecule has 9 nitrogen and oxygen atoms in total. The molecule has 3 rings (SSSR count). The minimum atomic E-state index is -1.36. The van der Waals surface area contributed by atoms with Gasteiger partial charge in [-0.3, -0.25) is 14.4 Å². The molecule has 0 saturated carbocycles. The normalized spacial score (nSPS) is 12.7. The van der Waals surface area contributed by atoms with Gasteiger partial charge >= 0.3 is 6.09 Å². The third kappa shape index (κ3) is 8.41. The topological polar surface area (TPSA) is 131 Å². The van der Waals surface area contributed by atoms with Crippen LogP contribution in [0.2, 0.25) is 0 Å². The van der Waals surface area contributed by atoms with Gasteiger partial charge in [0, 0.05) is 11.7 Å². The Labute approximate surface area is 240 Å². The number of nitrogens with two attached hydrogens (primary N) is 1. The Bertz CT molecular complexity index is 1440. The minimum absolute atomic E-state index is 0.473. The molecule has 41 heavy (non-hydrogen) atoms. The summed E-state index contributed by atoms with van der Waals surface area (Å²) >= 11 is 0. The SMILES string of the molecule is C=Cc1cccc(C(C(=O)Nc2ccc3ccccc3c2)N(C(=O)C(CC(N)=O)NC(=O)OC(C)(C)C)C(C)C)c1. The highest BCUT2D eigenvalue weighted by molar-refractivity contribution is 6.01. The number of anilines is 1. The van der Waals surface area contributed by atoms with Gasteiger partial charge < -0.3 is 26.0 Å². The van der Waals surface area contributed by atoms with Crippen molar-refractivity contribution >= 4 is 46.4 Å². The van der Waals surface area contributed by atoms with Crippen molar-refractivity contribution in [3.8, 4) is 0 Å². The molecule has 0 aliphatic carbocycles. The second-order valence-corrected chi connectivity index (χ2v) is 11.0. The van der Waals surface area contributed by atoms with Crippen LogP contribution in [0.3, 0.4) is 0 Å². The quantitative estimate of drug-likeness (QED) is 0.316. The van der Waals surface area contributed by atoms with Crippen LogP contribution in [-0.4, -0.2) is 46.4 Å². The standard InChI is InChI=1S/C32H38N4O5/c1-7-21-11-10-14-24(17-21)28(29(38)34-25-16-15-22-12-8-9-13-23(22)18-25)36(20(2)3)30(39)26(19-27(33)37)35-31(40)41-32(4,5)6/h7-18,20,26,28H,1,19H2,2-6H3,(H2,33,37)(H,34,38)(H,35,40). The van der Waals surface area contributed by atoms with E-state index in [1.54, 1.807) is 65.0 Å². The number of hydrogen-bond donors (Lipinski definition) is 3. The second-order valence-electron chi connectivity index (χ2n) is 11.0. The van der Waals surface area contributed by atoms with Crippen molar-refractivity contribution in [3.05, 3.63) is 84.4 Å². The van der Waals surface area contributed by atoms with Crippen molar-refractivity contribution in [1.82, 2.24) is 10.2 Å². The average molecular weight is 559 g/mol. The molecule has 0 aliphatic rings. The zero-order valence-electron chi connectivity index (χ0n) is 24.1. The summed E-state index contributed by atoms with van der Waals surface area (Å²) in [6, 6.07) is 17.4. The summed E-state index contributed by atoms with van der Waals surface area (Å²) in [5.74, 6) is -1.93. The summed E-state index contributed by atoms with van der Waals surface area (Å²) < 4.78 is 5.31. The fourth-order valence-electron chi connectivity index (χ4n) is 4.48. The number of fused-ring (bicyclic) bond motifs is 1. The van der Waals surface area contributed by atoms with Crippen LogP contribution in [0.4, 0.5) is 10.5 Å². The van der Waals surface area contributed by atoms with Crippen molar-refractivity contribution < 1.29 is 23.9 Å². The smallest absolute Gasteiger partial charge is 0.408 e. The van der Waals surface area contributed by atoms with Crippen LogP contribution in [0.15, 0.2) is 73.3 Å². The number of carbonyl (C=O) groups excluding carboxylic acids is 4. The van der Waals surface area contributed by atoms with Crippen molar-refractivity contribution in [1.29, 1.82) is 0 Å². The van der Waals surface area contributed by atoms with Crippen LogP contribution in [0.25, 0.3) is 16.8 Å². The number of alkyl carbamates (subject to hydrolysis) is 1. The molecule has 2 atom stereocenters. The number of nitrogens with one attached hydrogen (secondary N) is 2. The first-order valence-electron chi connectivity index (χ1n) is 13.4. The van der Waals surface area contributed by atoms with Crippen molar-refractivity contribution in [2.45, 2.75) is 64.8 Å². The molecular weight excluding hydrogens is 520 g/mol. The molecule has 0 radical (unpaired) electrons. The Hall–Kier alpha value is -4.66. The van der Waals surface area contributed by atoms with E-state index in [4.69, 9.17) is 10.5 Å². The number of amides is 4. The zero-order valence-corrected chi connectivity index (χ0v) is 24.1. The molecule has 0 spiro atoms. The number of primary amides is 1. The molecule has 4 N–H and O–H groups in total. The van der Waals surface area contributed by atoms with E-state index < -0.39 is 54.0 Å². The Morgan fingerprint density at radius 3 is 2.27 bits per heavy atom.